The zero-order chi connectivity index (χ0) is 21.1. The van der Waals surface area contributed by atoms with Crippen LogP contribution in [-0.2, 0) is 6.42 Å². The van der Waals surface area contributed by atoms with Gasteiger partial charge >= 0.3 is 0 Å². The summed E-state index contributed by atoms with van der Waals surface area (Å²) < 4.78 is 12.8. The molecule has 3 heterocycles. The Morgan fingerprint density at radius 1 is 0.750 bits per heavy atom. The third-order valence-electron chi connectivity index (χ3n) is 6.41. The first-order valence-corrected chi connectivity index (χ1v) is 10.9. The lowest BCUT2D eigenvalue weighted by Gasteiger charge is -2.08. The fourth-order valence-corrected chi connectivity index (χ4v) is 4.89. The Bertz CT molecular complexity index is 1670. The highest BCUT2D eigenvalue weighted by Crippen LogP contribution is 2.44. The van der Waals surface area contributed by atoms with Crippen LogP contribution < -0.4 is 0 Å². The Labute approximate surface area is 184 Å². The van der Waals surface area contributed by atoms with Crippen LogP contribution in [0.2, 0.25) is 0 Å². The van der Waals surface area contributed by atoms with E-state index in [9.17, 15) is 0 Å². The van der Waals surface area contributed by atoms with Crippen LogP contribution in [0.4, 0.5) is 0 Å². The normalized spacial score (nSPS) is 13.2. The summed E-state index contributed by atoms with van der Waals surface area (Å²) in [4.78, 5) is 4.62. The molecule has 0 spiro atoms. The first-order chi connectivity index (χ1) is 15.9. The number of allylic oxidation sites excluding steroid dienone is 1. The average molecular weight is 413 g/mol. The molecular weight excluding hydrogens is 394 g/mol. The molecule has 3 nitrogen and oxygen atoms in total. The van der Waals surface area contributed by atoms with Crippen molar-refractivity contribution in [3.8, 4) is 22.4 Å². The standard InChI is InChI=1S/C29H19NO2/c1-2-8-18(9-3-1)24-16-19(14-15-30-24)22-17-23-20-10-4-6-12-25(20)31-29(23)27-21-11-5-7-13-26(21)32-28(22)27/h1-3,5-9,11-17H,4,10H2. The van der Waals surface area contributed by atoms with Gasteiger partial charge in [0.2, 0.25) is 0 Å². The molecule has 6 aromatic rings. The van der Waals surface area contributed by atoms with E-state index < -0.39 is 0 Å². The van der Waals surface area contributed by atoms with Crippen LogP contribution in [0.5, 0.6) is 0 Å². The second-order valence-electron chi connectivity index (χ2n) is 8.28. The number of hydrogen-bond donors (Lipinski definition) is 0. The largest absolute Gasteiger partial charge is 0.456 e. The van der Waals surface area contributed by atoms with E-state index in [1.165, 1.54) is 10.9 Å². The highest BCUT2D eigenvalue weighted by Gasteiger charge is 2.23. The van der Waals surface area contributed by atoms with Crippen molar-refractivity contribution in [3.63, 3.8) is 0 Å². The molecule has 32 heavy (non-hydrogen) atoms. The first-order valence-electron chi connectivity index (χ1n) is 10.9. The fraction of sp³-hybridized carbons (Fsp3) is 0.0690. The van der Waals surface area contributed by atoms with Crippen LogP contribution in [0.1, 0.15) is 17.7 Å². The lowest BCUT2D eigenvalue weighted by atomic mass is 9.95. The van der Waals surface area contributed by atoms with Crippen molar-refractivity contribution in [3.05, 3.63) is 96.4 Å². The van der Waals surface area contributed by atoms with E-state index in [0.717, 1.165) is 68.5 Å². The molecule has 0 bridgehead atoms. The summed E-state index contributed by atoms with van der Waals surface area (Å²) in [6, 6.07) is 24.9. The van der Waals surface area contributed by atoms with Gasteiger partial charge in [-0.15, -0.1) is 0 Å². The fourth-order valence-electron chi connectivity index (χ4n) is 4.89. The summed E-state index contributed by atoms with van der Waals surface area (Å²) in [5, 5.41) is 3.31. The zero-order valence-corrected chi connectivity index (χ0v) is 17.3. The third kappa shape index (κ3) is 2.51. The minimum Gasteiger partial charge on any atom is -0.456 e. The lowest BCUT2D eigenvalue weighted by Crippen LogP contribution is -1.90. The average Bonchev–Trinajstić information content (AvgIpc) is 3.42. The third-order valence-corrected chi connectivity index (χ3v) is 6.41. The number of aryl methyl sites for hydroxylation is 1. The van der Waals surface area contributed by atoms with E-state index in [0.29, 0.717) is 0 Å². The highest BCUT2D eigenvalue weighted by molar-refractivity contribution is 6.21. The topological polar surface area (TPSA) is 39.2 Å². The smallest absolute Gasteiger partial charge is 0.147 e. The van der Waals surface area contributed by atoms with Crippen molar-refractivity contribution in [1.29, 1.82) is 0 Å². The van der Waals surface area contributed by atoms with Crippen molar-refractivity contribution in [2.75, 3.05) is 0 Å². The van der Waals surface area contributed by atoms with Gasteiger partial charge in [0.15, 0.2) is 0 Å². The molecule has 0 saturated carbocycles. The Hall–Kier alpha value is -4.11. The molecule has 7 rings (SSSR count). The van der Waals surface area contributed by atoms with Gasteiger partial charge in [0.05, 0.1) is 11.1 Å². The van der Waals surface area contributed by atoms with E-state index >= 15 is 0 Å². The molecule has 3 heteroatoms. The molecule has 0 aliphatic heterocycles. The quantitative estimate of drug-likeness (QED) is 0.288. The van der Waals surface area contributed by atoms with Crippen molar-refractivity contribution in [2.24, 2.45) is 0 Å². The molecule has 0 saturated heterocycles. The molecule has 3 aromatic carbocycles. The Morgan fingerprint density at radius 3 is 2.56 bits per heavy atom. The Kier molecular flexibility index (Phi) is 3.67. The van der Waals surface area contributed by atoms with E-state index in [1.54, 1.807) is 0 Å². The maximum absolute atomic E-state index is 6.43. The molecule has 0 radical (unpaired) electrons. The predicted octanol–water partition coefficient (Wildman–Crippen LogP) is 8.02. The van der Waals surface area contributed by atoms with Gasteiger partial charge in [-0.2, -0.15) is 0 Å². The van der Waals surface area contributed by atoms with Gasteiger partial charge in [-0.25, -0.2) is 0 Å². The number of pyridine rings is 1. The summed E-state index contributed by atoms with van der Waals surface area (Å²) in [5.74, 6) is 0.967. The Balaban J connectivity index is 1.58. The van der Waals surface area contributed by atoms with Crippen molar-refractivity contribution >= 4 is 39.0 Å². The van der Waals surface area contributed by atoms with Gasteiger partial charge in [-0.05, 0) is 48.7 Å². The monoisotopic (exact) mass is 413 g/mol. The number of benzene rings is 3. The molecule has 0 N–H and O–H groups in total. The zero-order valence-electron chi connectivity index (χ0n) is 17.3. The minimum atomic E-state index is 0.860. The Morgan fingerprint density at radius 2 is 1.62 bits per heavy atom. The molecule has 0 unspecified atom stereocenters. The molecule has 3 aromatic heterocycles. The number of para-hydroxylation sites is 1. The summed E-state index contributed by atoms with van der Waals surface area (Å²) in [6.07, 6.45) is 8.20. The van der Waals surface area contributed by atoms with Crippen molar-refractivity contribution < 1.29 is 8.83 Å². The summed E-state index contributed by atoms with van der Waals surface area (Å²) in [7, 11) is 0. The predicted molar refractivity (Wildman–Crippen MR) is 130 cm³/mol. The number of furan rings is 2. The molecule has 0 atom stereocenters. The maximum atomic E-state index is 6.43. The van der Waals surface area contributed by atoms with Crippen LogP contribution in [0.15, 0.2) is 93.9 Å². The number of rotatable bonds is 2. The molecule has 0 fully saturated rings. The minimum absolute atomic E-state index is 0.860. The van der Waals surface area contributed by atoms with Gasteiger partial charge in [0.25, 0.3) is 0 Å². The van der Waals surface area contributed by atoms with E-state index in [-0.39, 0.29) is 0 Å². The van der Waals surface area contributed by atoms with Gasteiger partial charge < -0.3 is 8.83 Å². The van der Waals surface area contributed by atoms with E-state index in [4.69, 9.17) is 8.83 Å². The molecule has 1 aliphatic carbocycles. The number of nitrogens with zero attached hydrogens (tertiary/aromatic N) is 1. The second kappa shape index (κ2) is 6.69. The maximum Gasteiger partial charge on any atom is 0.147 e. The SMILES string of the molecule is C1=Cc2oc3c(cc(-c4ccnc(-c5ccccc5)c4)c4oc5ccccc5c43)c2CC1. The molecule has 1 aliphatic rings. The second-order valence-corrected chi connectivity index (χ2v) is 8.28. The van der Waals surface area contributed by atoms with Crippen LogP contribution in [0.25, 0.3) is 61.4 Å². The molecular formula is C29H19NO2. The summed E-state index contributed by atoms with van der Waals surface area (Å²) in [5.41, 5.74) is 8.15. The van der Waals surface area contributed by atoms with Gasteiger partial charge in [-0.1, -0.05) is 54.6 Å². The van der Waals surface area contributed by atoms with Crippen molar-refractivity contribution in [1.82, 2.24) is 4.98 Å². The van der Waals surface area contributed by atoms with Crippen LogP contribution >= 0.6 is 0 Å². The van der Waals surface area contributed by atoms with Crippen molar-refractivity contribution in [2.45, 2.75) is 12.8 Å². The van der Waals surface area contributed by atoms with Crippen LogP contribution in [-0.4, -0.2) is 4.98 Å². The first kappa shape index (κ1) is 17.6. The molecule has 0 amide bonds. The van der Waals surface area contributed by atoms with Gasteiger partial charge in [-0.3, -0.25) is 4.98 Å². The van der Waals surface area contributed by atoms with E-state index in [1.807, 2.05) is 36.5 Å². The van der Waals surface area contributed by atoms with Gasteiger partial charge in [0.1, 0.15) is 22.5 Å². The van der Waals surface area contributed by atoms with Gasteiger partial charge in [0, 0.05) is 33.7 Å². The van der Waals surface area contributed by atoms with Crippen LogP contribution in [0.3, 0.4) is 0 Å². The number of aromatic nitrogens is 1. The van der Waals surface area contributed by atoms with Crippen LogP contribution in [0, 0.1) is 0 Å². The number of hydrogen-bond acceptors (Lipinski definition) is 3. The van der Waals surface area contributed by atoms with E-state index in [2.05, 4.69) is 59.6 Å². The molecule has 152 valence electrons. The summed E-state index contributed by atoms with van der Waals surface area (Å²) in [6.45, 7) is 0. The number of fused-ring (bicyclic) bond motifs is 7. The summed E-state index contributed by atoms with van der Waals surface area (Å²) >= 11 is 0. The highest BCUT2D eigenvalue weighted by atomic mass is 16.3. The lowest BCUT2D eigenvalue weighted by molar-refractivity contribution is 0.598.